The van der Waals surface area contributed by atoms with Gasteiger partial charge in [-0.3, -0.25) is 0 Å². The molecule has 0 bridgehead atoms. The van der Waals surface area contributed by atoms with Crippen molar-refractivity contribution in [3.8, 4) is 0 Å². The van der Waals surface area contributed by atoms with Gasteiger partial charge >= 0.3 is 6.18 Å². The summed E-state index contributed by atoms with van der Waals surface area (Å²) >= 11 is 6.05. The van der Waals surface area contributed by atoms with Crippen LogP contribution in [-0.2, 0) is 13.2 Å². The van der Waals surface area contributed by atoms with E-state index in [0.29, 0.717) is 32.0 Å². The third-order valence-corrected chi connectivity index (χ3v) is 4.78. The molecule has 1 aliphatic rings. The fraction of sp³-hybridized carbons (Fsp3) is 0.375. The zero-order valence-electron chi connectivity index (χ0n) is 14.3. The van der Waals surface area contributed by atoms with Gasteiger partial charge < -0.3 is 14.4 Å². The van der Waals surface area contributed by atoms with Crippen LogP contribution >= 0.6 is 11.6 Å². The van der Waals surface area contributed by atoms with Crippen LogP contribution in [0, 0.1) is 0 Å². The number of hydrogen-bond donors (Lipinski definition) is 0. The third-order valence-electron chi connectivity index (χ3n) is 4.51. The van der Waals surface area contributed by atoms with Gasteiger partial charge in [0.1, 0.15) is 12.1 Å². The van der Waals surface area contributed by atoms with Gasteiger partial charge in [0.2, 0.25) is 0 Å². The Hall–Kier alpha value is -2.62. The molecule has 3 aromatic heterocycles. The second-order valence-corrected chi connectivity index (χ2v) is 6.63. The Bertz CT molecular complexity index is 980. The lowest BCUT2D eigenvalue weighted by atomic mass is 10.2. The highest BCUT2D eigenvalue weighted by Gasteiger charge is 2.32. The number of fused-ring (bicyclic) bond motifs is 1. The molecule has 1 saturated heterocycles. The van der Waals surface area contributed by atoms with Crippen molar-refractivity contribution in [2.45, 2.75) is 6.18 Å². The molecule has 0 unspecified atom stereocenters. The maximum absolute atomic E-state index is 12.8. The van der Waals surface area contributed by atoms with Gasteiger partial charge in [0.25, 0.3) is 0 Å². The number of piperazine rings is 1. The van der Waals surface area contributed by atoms with E-state index in [9.17, 15) is 13.2 Å². The summed E-state index contributed by atoms with van der Waals surface area (Å²) in [5.74, 6) is 1.10. The van der Waals surface area contributed by atoms with Crippen molar-refractivity contribution < 1.29 is 13.2 Å². The number of hydrogen-bond acceptors (Lipinski definition) is 6. The molecule has 0 amide bonds. The highest BCUT2D eigenvalue weighted by Crippen LogP contribution is 2.34. The summed E-state index contributed by atoms with van der Waals surface area (Å²) in [5, 5.41) is -0.00701. The Balaban J connectivity index is 1.52. The first-order chi connectivity index (χ1) is 12.8. The number of anilines is 2. The number of aromatic nitrogens is 5. The Kier molecular flexibility index (Phi) is 4.29. The summed E-state index contributed by atoms with van der Waals surface area (Å²) in [7, 11) is 1.86. The monoisotopic (exact) mass is 397 g/mol. The Labute approximate surface area is 157 Å². The first-order valence-corrected chi connectivity index (χ1v) is 8.57. The number of halogens is 4. The van der Waals surface area contributed by atoms with Crippen LogP contribution in [0.15, 0.2) is 24.9 Å². The van der Waals surface area contributed by atoms with Crippen LogP contribution in [0.25, 0.3) is 11.2 Å². The Morgan fingerprint density at radius 2 is 1.63 bits per heavy atom. The van der Waals surface area contributed by atoms with Crippen LogP contribution in [-0.4, -0.2) is 50.7 Å². The number of aryl methyl sites for hydroxylation is 1. The highest BCUT2D eigenvalue weighted by atomic mass is 35.5. The van der Waals surface area contributed by atoms with Crippen molar-refractivity contribution >= 4 is 34.4 Å². The van der Waals surface area contributed by atoms with E-state index in [1.54, 1.807) is 6.33 Å². The Morgan fingerprint density at radius 3 is 2.26 bits per heavy atom. The summed E-state index contributed by atoms with van der Waals surface area (Å²) in [6.07, 6.45) is -0.463. The number of nitrogens with zero attached hydrogens (tertiary/aromatic N) is 7. The molecule has 0 atom stereocenters. The number of imidazole rings is 1. The summed E-state index contributed by atoms with van der Waals surface area (Å²) in [6, 6.07) is 0.915. The summed E-state index contributed by atoms with van der Waals surface area (Å²) < 4.78 is 40.1. The minimum Gasteiger partial charge on any atom is -0.352 e. The van der Waals surface area contributed by atoms with Gasteiger partial charge in [-0.1, -0.05) is 11.6 Å². The van der Waals surface area contributed by atoms with Gasteiger partial charge in [-0.25, -0.2) is 19.9 Å². The second kappa shape index (κ2) is 6.52. The molecule has 0 N–H and O–H groups in total. The molecule has 0 radical (unpaired) electrons. The number of pyridine rings is 1. The van der Waals surface area contributed by atoms with Crippen LogP contribution in [0.5, 0.6) is 0 Å². The Morgan fingerprint density at radius 1 is 0.963 bits per heavy atom. The topological polar surface area (TPSA) is 63.0 Å². The van der Waals surface area contributed by atoms with Crippen LogP contribution < -0.4 is 9.80 Å². The van der Waals surface area contributed by atoms with Gasteiger partial charge in [0, 0.05) is 39.4 Å². The van der Waals surface area contributed by atoms with E-state index < -0.39 is 11.7 Å². The molecule has 4 rings (SSSR count). The first kappa shape index (κ1) is 17.8. The van der Waals surface area contributed by atoms with Crippen molar-refractivity contribution in [1.29, 1.82) is 0 Å². The lowest BCUT2D eigenvalue weighted by Crippen LogP contribution is -2.47. The third kappa shape index (κ3) is 3.25. The molecular weight excluding hydrogens is 383 g/mol. The van der Waals surface area contributed by atoms with E-state index in [1.807, 2.05) is 16.5 Å². The van der Waals surface area contributed by atoms with Gasteiger partial charge in [-0.15, -0.1) is 0 Å². The van der Waals surface area contributed by atoms with Crippen molar-refractivity contribution in [1.82, 2.24) is 24.5 Å². The molecule has 7 nitrogen and oxygen atoms in total. The smallest absolute Gasteiger partial charge is 0.352 e. The normalized spacial score (nSPS) is 15.6. The van der Waals surface area contributed by atoms with E-state index in [-0.39, 0.29) is 5.02 Å². The molecule has 4 heterocycles. The molecule has 142 valence electrons. The largest absolute Gasteiger partial charge is 0.417 e. The van der Waals surface area contributed by atoms with Gasteiger partial charge in [-0.05, 0) is 6.07 Å². The molecule has 0 aromatic carbocycles. The van der Waals surface area contributed by atoms with Gasteiger partial charge in [0.15, 0.2) is 17.0 Å². The fourth-order valence-corrected chi connectivity index (χ4v) is 3.40. The van der Waals surface area contributed by atoms with Crippen molar-refractivity contribution in [2.75, 3.05) is 36.0 Å². The lowest BCUT2D eigenvalue weighted by Gasteiger charge is -2.36. The van der Waals surface area contributed by atoms with Gasteiger partial charge in [0.05, 0.1) is 16.9 Å². The van der Waals surface area contributed by atoms with Crippen molar-refractivity contribution in [2.24, 2.45) is 7.05 Å². The molecule has 1 aliphatic heterocycles. The van der Waals surface area contributed by atoms with E-state index in [4.69, 9.17) is 11.6 Å². The molecule has 0 saturated carbocycles. The molecule has 1 fully saturated rings. The van der Waals surface area contributed by atoms with Crippen LogP contribution in [0.1, 0.15) is 5.56 Å². The van der Waals surface area contributed by atoms with Crippen LogP contribution in [0.4, 0.5) is 24.8 Å². The van der Waals surface area contributed by atoms with E-state index in [1.165, 1.54) is 6.33 Å². The van der Waals surface area contributed by atoms with Crippen molar-refractivity contribution in [3.63, 3.8) is 0 Å². The molecule has 0 spiro atoms. The second-order valence-electron chi connectivity index (χ2n) is 6.23. The van der Waals surface area contributed by atoms with E-state index in [2.05, 4.69) is 24.8 Å². The zero-order chi connectivity index (χ0) is 19.2. The van der Waals surface area contributed by atoms with E-state index >= 15 is 0 Å². The predicted octanol–water partition coefficient (Wildman–Crippen LogP) is 2.76. The molecule has 0 aliphatic carbocycles. The van der Waals surface area contributed by atoms with Gasteiger partial charge in [-0.2, -0.15) is 13.2 Å². The summed E-state index contributed by atoms with van der Waals surface area (Å²) in [5.41, 5.74) is 0.613. The maximum Gasteiger partial charge on any atom is 0.417 e. The minimum atomic E-state index is -4.46. The lowest BCUT2D eigenvalue weighted by molar-refractivity contribution is -0.137. The average molecular weight is 398 g/mol. The molecular formula is C16H15ClF3N7. The quantitative estimate of drug-likeness (QED) is 0.662. The summed E-state index contributed by atoms with van der Waals surface area (Å²) in [4.78, 5) is 20.8. The van der Waals surface area contributed by atoms with Crippen LogP contribution in [0.2, 0.25) is 5.02 Å². The summed E-state index contributed by atoms with van der Waals surface area (Å²) in [6.45, 7) is 2.33. The zero-order valence-corrected chi connectivity index (χ0v) is 15.0. The first-order valence-electron chi connectivity index (χ1n) is 8.19. The number of alkyl halides is 3. The van der Waals surface area contributed by atoms with Crippen molar-refractivity contribution in [3.05, 3.63) is 35.5 Å². The number of rotatable bonds is 2. The fourth-order valence-electron chi connectivity index (χ4n) is 3.11. The highest BCUT2D eigenvalue weighted by molar-refractivity contribution is 6.33. The standard InChI is InChI=1S/C16H15ClF3N7/c1-25-9-24-12-14(25)22-8-23-15(12)27-4-2-26(3-5-27)13-11(17)6-10(7-21-13)16(18,19)20/h6-9H,2-5H2,1H3. The molecule has 3 aromatic rings. The molecule has 27 heavy (non-hydrogen) atoms. The average Bonchev–Trinajstić information content (AvgIpc) is 3.02. The minimum absolute atomic E-state index is 0.00701. The maximum atomic E-state index is 12.8. The van der Waals surface area contributed by atoms with E-state index in [0.717, 1.165) is 29.2 Å². The SMILES string of the molecule is Cn1cnc2c(N3CCN(c4ncc(C(F)(F)F)cc4Cl)CC3)ncnc21. The van der Waals surface area contributed by atoms with Crippen LogP contribution in [0.3, 0.4) is 0 Å². The predicted molar refractivity (Wildman–Crippen MR) is 95.0 cm³/mol. The molecule has 11 heteroatoms.